The van der Waals surface area contributed by atoms with Gasteiger partial charge in [-0.15, -0.1) is 0 Å². The number of aryl methyl sites for hydroxylation is 1. The largest absolute Gasteiger partial charge is 0.392 e. The smallest absolute Gasteiger partial charge is 0.244 e. The maximum atomic E-state index is 12.0. The van der Waals surface area contributed by atoms with Gasteiger partial charge in [-0.25, -0.2) is 8.42 Å². The minimum atomic E-state index is -3.66. The normalized spacial score (nSPS) is 15.5. The molecule has 1 atom stereocenters. The Morgan fingerprint density at radius 1 is 1.71 bits per heavy atom. The Labute approximate surface area is 106 Å². The van der Waals surface area contributed by atoms with E-state index in [9.17, 15) is 8.42 Å². The van der Waals surface area contributed by atoms with Crippen LogP contribution in [0.4, 0.5) is 0 Å². The van der Waals surface area contributed by atoms with Crippen molar-refractivity contribution in [3.63, 3.8) is 0 Å². The van der Waals surface area contributed by atoms with Crippen molar-refractivity contribution in [2.24, 2.45) is 12.8 Å². The Balaban J connectivity index is 3.06. The third kappa shape index (κ3) is 3.02. The quantitative estimate of drug-likeness (QED) is 0.747. The summed E-state index contributed by atoms with van der Waals surface area (Å²) in [7, 11) is -2.01. The minimum Gasteiger partial charge on any atom is -0.392 e. The average Bonchev–Trinajstić information content (AvgIpc) is 2.64. The molecule has 1 heterocycles. The number of nitrogens with one attached hydrogen (secondary N) is 1. The molecule has 1 aromatic rings. The second-order valence-corrected chi connectivity index (χ2v) is 6.13. The van der Waals surface area contributed by atoms with Gasteiger partial charge >= 0.3 is 0 Å². The Bertz CT molecular complexity index is 523. The number of hydrogen-bond donors (Lipinski definition) is 2. The topological polar surface area (TPSA) is 90.0 Å². The lowest BCUT2D eigenvalue weighted by Crippen LogP contribution is -2.53. The van der Waals surface area contributed by atoms with Gasteiger partial charge in [-0.2, -0.15) is 9.82 Å². The molecule has 0 saturated heterocycles. The van der Waals surface area contributed by atoms with Crippen molar-refractivity contribution in [3.05, 3.63) is 12.4 Å². The highest BCUT2D eigenvalue weighted by Gasteiger charge is 2.32. The molecule has 0 aliphatic rings. The van der Waals surface area contributed by atoms with Crippen molar-refractivity contribution < 1.29 is 8.42 Å². The second kappa shape index (κ2) is 4.71. The predicted molar refractivity (Wildman–Crippen MR) is 69.0 cm³/mol. The molecule has 1 aromatic heterocycles. The number of nitrogens with two attached hydrogens (primary N) is 1. The van der Waals surface area contributed by atoms with Crippen LogP contribution in [0.5, 0.6) is 0 Å². The van der Waals surface area contributed by atoms with Gasteiger partial charge in [0, 0.05) is 13.2 Å². The van der Waals surface area contributed by atoms with Gasteiger partial charge in [0.1, 0.15) is 4.90 Å². The molecule has 6 nitrogen and oxygen atoms in total. The van der Waals surface area contributed by atoms with E-state index in [0.717, 1.165) is 0 Å². The molecule has 0 aromatic carbocycles. The maximum absolute atomic E-state index is 12.0. The zero-order valence-corrected chi connectivity index (χ0v) is 11.6. The molecule has 0 aliphatic heterocycles. The molecule has 0 amide bonds. The van der Waals surface area contributed by atoms with Crippen LogP contribution in [0.15, 0.2) is 17.3 Å². The van der Waals surface area contributed by atoms with E-state index in [0.29, 0.717) is 6.42 Å². The Morgan fingerprint density at radius 3 is 2.65 bits per heavy atom. The van der Waals surface area contributed by atoms with Crippen LogP contribution < -0.4 is 10.5 Å². The molecular formula is C9H16N4O2S2. The van der Waals surface area contributed by atoms with Gasteiger partial charge in [0.15, 0.2) is 0 Å². The summed E-state index contributed by atoms with van der Waals surface area (Å²) in [5.41, 5.74) is 4.63. The molecule has 0 bridgehead atoms. The van der Waals surface area contributed by atoms with Crippen LogP contribution >= 0.6 is 12.2 Å². The van der Waals surface area contributed by atoms with E-state index < -0.39 is 15.6 Å². The number of aromatic nitrogens is 2. The molecule has 0 spiro atoms. The monoisotopic (exact) mass is 276 g/mol. The fraction of sp³-hybridized carbons (Fsp3) is 0.556. The summed E-state index contributed by atoms with van der Waals surface area (Å²) in [6, 6.07) is 0. The number of nitrogens with zero attached hydrogens (tertiary/aromatic N) is 2. The molecule has 1 unspecified atom stereocenters. The van der Waals surface area contributed by atoms with Crippen molar-refractivity contribution in [1.29, 1.82) is 0 Å². The lowest BCUT2D eigenvalue weighted by Gasteiger charge is -2.27. The molecule has 0 aliphatic carbocycles. The summed E-state index contributed by atoms with van der Waals surface area (Å²) in [4.78, 5) is 0.211. The highest BCUT2D eigenvalue weighted by molar-refractivity contribution is 7.89. The van der Waals surface area contributed by atoms with E-state index in [1.165, 1.54) is 17.1 Å². The first kappa shape index (κ1) is 14.1. The van der Waals surface area contributed by atoms with Gasteiger partial charge < -0.3 is 5.73 Å². The fourth-order valence-electron chi connectivity index (χ4n) is 1.19. The molecule has 0 saturated carbocycles. The second-order valence-electron chi connectivity index (χ2n) is 4.01. The third-order valence-electron chi connectivity index (χ3n) is 2.60. The van der Waals surface area contributed by atoms with Crippen LogP contribution in [0.1, 0.15) is 20.3 Å². The van der Waals surface area contributed by atoms with Crippen molar-refractivity contribution in [1.82, 2.24) is 14.5 Å². The standard InChI is InChI=1S/C9H16N4O2S2/c1-4-9(2,8(10)16)12-17(14,15)7-5-11-13(3)6-7/h5-6,12H,4H2,1-3H3,(H2,10,16). The summed E-state index contributed by atoms with van der Waals surface area (Å²) in [5.74, 6) is 0. The first-order valence-corrected chi connectivity index (χ1v) is 6.93. The Hall–Kier alpha value is -0.990. The molecule has 96 valence electrons. The van der Waals surface area contributed by atoms with Crippen LogP contribution in [0.25, 0.3) is 0 Å². The fourth-order valence-corrected chi connectivity index (χ4v) is 2.89. The van der Waals surface area contributed by atoms with Gasteiger partial charge in [0.2, 0.25) is 10.0 Å². The number of rotatable bonds is 5. The molecule has 3 N–H and O–H groups in total. The summed E-state index contributed by atoms with van der Waals surface area (Å²) in [6.45, 7) is 3.47. The minimum absolute atomic E-state index is 0.0934. The summed E-state index contributed by atoms with van der Waals surface area (Å²) >= 11 is 4.88. The van der Waals surface area contributed by atoms with Crippen LogP contribution in [0.2, 0.25) is 0 Å². The molecule has 1 rings (SSSR count). The maximum Gasteiger partial charge on any atom is 0.244 e. The molecular weight excluding hydrogens is 260 g/mol. The van der Waals surface area contributed by atoms with E-state index in [1.807, 2.05) is 6.92 Å². The Kier molecular flexibility index (Phi) is 3.90. The van der Waals surface area contributed by atoms with Crippen LogP contribution in [-0.2, 0) is 17.1 Å². The van der Waals surface area contributed by atoms with Crippen molar-refractivity contribution >= 4 is 27.2 Å². The summed E-state index contributed by atoms with van der Waals surface area (Å²) in [5, 5.41) is 3.82. The first-order valence-electron chi connectivity index (χ1n) is 5.04. The molecule has 17 heavy (non-hydrogen) atoms. The lowest BCUT2D eigenvalue weighted by molar-refractivity contribution is 0.511. The van der Waals surface area contributed by atoms with Crippen molar-refractivity contribution in [2.75, 3.05) is 0 Å². The van der Waals surface area contributed by atoms with E-state index in [4.69, 9.17) is 18.0 Å². The van der Waals surface area contributed by atoms with Crippen LogP contribution in [-0.4, -0.2) is 28.7 Å². The Morgan fingerprint density at radius 2 is 2.29 bits per heavy atom. The third-order valence-corrected chi connectivity index (χ3v) is 4.60. The van der Waals surface area contributed by atoms with Crippen molar-refractivity contribution in [2.45, 2.75) is 30.7 Å². The highest BCUT2D eigenvalue weighted by Crippen LogP contribution is 2.15. The molecule has 0 radical (unpaired) electrons. The lowest BCUT2D eigenvalue weighted by atomic mass is 10.0. The predicted octanol–water partition coefficient (Wildman–Crippen LogP) is 0.153. The van der Waals surface area contributed by atoms with E-state index >= 15 is 0 Å². The van der Waals surface area contributed by atoms with E-state index in [2.05, 4.69) is 9.82 Å². The van der Waals surface area contributed by atoms with Gasteiger partial charge in [0.25, 0.3) is 0 Å². The first-order chi connectivity index (χ1) is 7.71. The number of thiocarbonyl (C=S) groups is 1. The summed E-state index contributed by atoms with van der Waals surface area (Å²) < 4.78 is 28.0. The van der Waals surface area contributed by atoms with Crippen LogP contribution in [0.3, 0.4) is 0 Å². The highest BCUT2D eigenvalue weighted by atomic mass is 32.2. The van der Waals surface area contributed by atoms with Crippen molar-refractivity contribution in [3.8, 4) is 0 Å². The molecule has 0 fully saturated rings. The van der Waals surface area contributed by atoms with Gasteiger partial charge in [-0.3, -0.25) is 4.68 Å². The average molecular weight is 276 g/mol. The van der Waals surface area contributed by atoms with Gasteiger partial charge in [0.05, 0.1) is 16.7 Å². The zero-order valence-electron chi connectivity index (χ0n) is 9.97. The van der Waals surface area contributed by atoms with E-state index in [-0.39, 0.29) is 9.88 Å². The molecule has 8 heteroatoms. The van der Waals surface area contributed by atoms with E-state index in [1.54, 1.807) is 14.0 Å². The summed E-state index contributed by atoms with van der Waals surface area (Å²) in [6.07, 6.45) is 3.16. The zero-order chi connectivity index (χ0) is 13.3. The number of hydrogen-bond acceptors (Lipinski definition) is 4. The van der Waals surface area contributed by atoms with Gasteiger partial charge in [-0.1, -0.05) is 19.1 Å². The van der Waals surface area contributed by atoms with Gasteiger partial charge in [-0.05, 0) is 13.3 Å². The SMILES string of the molecule is CCC(C)(NS(=O)(=O)c1cnn(C)c1)C(N)=S. The number of sulfonamides is 1. The van der Waals surface area contributed by atoms with Crippen LogP contribution in [0, 0.1) is 0 Å².